The van der Waals surface area contributed by atoms with Crippen LogP contribution in [0.3, 0.4) is 0 Å². The van der Waals surface area contributed by atoms with E-state index in [9.17, 15) is 0 Å². The molecule has 0 atom stereocenters. The quantitative estimate of drug-likeness (QED) is 0.540. The molecular formula is C19H17N3. The number of aryl methyl sites for hydroxylation is 1. The summed E-state index contributed by atoms with van der Waals surface area (Å²) < 4.78 is 0. The molecule has 108 valence electrons. The molecule has 0 saturated heterocycles. The lowest BCUT2D eigenvalue weighted by atomic mass is 10.1. The topological polar surface area (TPSA) is 41.6 Å². The molecular weight excluding hydrogens is 270 g/mol. The van der Waals surface area contributed by atoms with Crippen LogP contribution in [-0.4, -0.2) is 5.96 Å². The Hall–Kier alpha value is -2.81. The van der Waals surface area contributed by atoms with Gasteiger partial charge in [-0.15, -0.1) is 0 Å². The molecule has 1 aliphatic rings. The van der Waals surface area contributed by atoms with Gasteiger partial charge in [0.15, 0.2) is 0 Å². The third kappa shape index (κ3) is 2.02. The maximum atomic E-state index is 6.29. The Bertz CT molecular complexity index is 891. The Morgan fingerprint density at radius 1 is 1.05 bits per heavy atom. The van der Waals surface area contributed by atoms with Crippen molar-refractivity contribution >= 4 is 28.1 Å². The maximum Gasteiger partial charge on any atom is 0.201 e. The summed E-state index contributed by atoms with van der Waals surface area (Å²) >= 11 is 0. The van der Waals surface area contributed by atoms with Gasteiger partial charge in [-0.1, -0.05) is 42.5 Å². The van der Waals surface area contributed by atoms with E-state index in [4.69, 9.17) is 5.73 Å². The molecule has 1 aliphatic heterocycles. The van der Waals surface area contributed by atoms with E-state index in [0.29, 0.717) is 5.96 Å². The van der Waals surface area contributed by atoms with Crippen molar-refractivity contribution in [2.45, 2.75) is 13.5 Å². The van der Waals surface area contributed by atoms with Crippen molar-refractivity contribution in [3.05, 3.63) is 71.8 Å². The van der Waals surface area contributed by atoms with Crippen molar-refractivity contribution < 1.29 is 0 Å². The second-order valence-electron chi connectivity index (χ2n) is 5.69. The summed E-state index contributed by atoms with van der Waals surface area (Å²) in [5.74, 6) is 0.536. The zero-order chi connectivity index (χ0) is 15.1. The molecule has 0 amide bonds. The first-order valence-electron chi connectivity index (χ1n) is 7.41. The van der Waals surface area contributed by atoms with Gasteiger partial charge in [0.1, 0.15) is 0 Å². The first kappa shape index (κ1) is 12.9. The van der Waals surface area contributed by atoms with Crippen LogP contribution in [0.15, 0.2) is 65.7 Å². The number of anilines is 1. The summed E-state index contributed by atoms with van der Waals surface area (Å²) in [6, 6.07) is 20.8. The lowest BCUT2D eigenvalue weighted by Gasteiger charge is -2.18. The fourth-order valence-electron chi connectivity index (χ4n) is 3.10. The van der Waals surface area contributed by atoms with Crippen molar-refractivity contribution in [1.29, 1.82) is 0 Å². The van der Waals surface area contributed by atoms with E-state index in [0.717, 1.165) is 17.9 Å². The average Bonchev–Trinajstić information content (AvgIpc) is 2.89. The number of guanidine groups is 1. The van der Waals surface area contributed by atoms with E-state index >= 15 is 0 Å². The zero-order valence-corrected chi connectivity index (χ0v) is 12.5. The van der Waals surface area contributed by atoms with Crippen LogP contribution in [0.5, 0.6) is 0 Å². The standard InChI is InChI=1S/C19H17N3/c1-13-5-2-9-16(11-13)21-19(20)22-12-15-8-3-6-14-7-4-10-17(22)18(14)15/h2-11H,12H2,1H3,(H2,20,21). The molecule has 0 unspecified atom stereocenters. The molecule has 0 aromatic heterocycles. The number of nitrogens with two attached hydrogens (primary N) is 1. The Morgan fingerprint density at radius 3 is 2.64 bits per heavy atom. The first-order valence-corrected chi connectivity index (χ1v) is 7.41. The van der Waals surface area contributed by atoms with Crippen LogP contribution in [0.1, 0.15) is 11.1 Å². The minimum Gasteiger partial charge on any atom is -0.369 e. The smallest absolute Gasteiger partial charge is 0.201 e. The minimum atomic E-state index is 0.536. The Kier molecular flexibility index (Phi) is 2.86. The SMILES string of the molecule is Cc1cccc(N=C(N)N2Cc3cccc4cccc2c34)c1. The molecule has 3 nitrogen and oxygen atoms in total. The minimum absolute atomic E-state index is 0.536. The van der Waals surface area contributed by atoms with Gasteiger partial charge in [-0.25, -0.2) is 4.99 Å². The van der Waals surface area contributed by atoms with Crippen LogP contribution in [0.25, 0.3) is 10.8 Å². The molecule has 0 fully saturated rings. The fraction of sp³-hybridized carbons (Fsp3) is 0.105. The van der Waals surface area contributed by atoms with Crippen molar-refractivity contribution in [2.24, 2.45) is 10.7 Å². The molecule has 3 heteroatoms. The third-order valence-corrected chi connectivity index (χ3v) is 4.11. The maximum absolute atomic E-state index is 6.29. The van der Waals surface area contributed by atoms with Gasteiger partial charge in [0.25, 0.3) is 0 Å². The van der Waals surface area contributed by atoms with Gasteiger partial charge in [-0.2, -0.15) is 0 Å². The number of aliphatic imine (C=N–C) groups is 1. The summed E-state index contributed by atoms with van der Waals surface area (Å²) in [5.41, 5.74) is 10.8. The normalized spacial score (nSPS) is 13.9. The molecule has 1 heterocycles. The molecule has 2 N–H and O–H groups in total. The van der Waals surface area contributed by atoms with Gasteiger partial charge in [0, 0.05) is 5.39 Å². The highest BCUT2D eigenvalue weighted by Crippen LogP contribution is 2.37. The second-order valence-corrected chi connectivity index (χ2v) is 5.69. The number of benzene rings is 3. The molecule has 22 heavy (non-hydrogen) atoms. The Morgan fingerprint density at radius 2 is 1.82 bits per heavy atom. The number of hydrogen-bond acceptors (Lipinski definition) is 1. The summed E-state index contributed by atoms with van der Waals surface area (Å²) in [4.78, 5) is 6.68. The van der Waals surface area contributed by atoms with E-state index in [1.54, 1.807) is 0 Å². The average molecular weight is 287 g/mol. The molecule has 0 bridgehead atoms. The van der Waals surface area contributed by atoms with E-state index in [2.05, 4.69) is 59.3 Å². The Labute approximate surface area is 129 Å². The highest BCUT2D eigenvalue weighted by Gasteiger charge is 2.23. The highest BCUT2D eigenvalue weighted by molar-refractivity contribution is 6.09. The largest absolute Gasteiger partial charge is 0.369 e. The highest BCUT2D eigenvalue weighted by atomic mass is 15.3. The Balaban J connectivity index is 1.78. The van der Waals surface area contributed by atoms with Crippen LogP contribution >= 0.6 is 0 Å². The van der Waals surface area contributed by atoms with Gasteiger partial charge in [-0.3, -0.25) is 0 Å². The van der Waals surface area contributed by atoms with Crippen molar-refractivity contribution in [3.8, 4) is 0 Å². The molecule has 3 aromatic rings. The van der Waals surface area contributed by atoms with Gasteiger partial charge < -0.3 is 10.6 Å². The molecule has 0 spiro atoms. The van der Waals surface area contributed by atoms with Crippen LogP contribution < -0.4 is 10.6 Å². The molecule has 0 radical (unpaired) electrons. The van der Waals surface area contributed by atoms with Crippen LogP contribution in [0.2, 0.25) is 0 Å². The first-order chi connectivity index (χ1) is 10.7. The van der Waals surface area contributed by atoms with Crippen LogP contribution in [0, 0.1) is 6.92 Å². The second kappa shape index (κ2) is 4.88. The van der Waals surface area contributed by atoms with Crippen LogP contribution in [-0.2, 0) is 6.54 Å². The summed E-state index contributed by atoms with van der Waals surface area (Å²) in [6.45, 7) is 2.83. The van der Waals surface area contributed by atoms with E-state index < -0.39 is 0 Å². The predicted octanol–water partition coefficient (Wildman–Crippen LogP) is 4.11. The zero-order valence-electron chi connectivity index (χ0n) is 12.5. The number of hydrogen-bond donors (Lipinski definition) is 1. The van der Waals surface area contributed by atoms with E-state index in [1.807, 2.05) is 18.2 Å². The van der Waals surface area contributed by atoms with Gasteiger partial charge in [0.2, 0.25) is 5.96 Å². The summed E-state index contributed by atoms with van der Waals surface area (Å²) in [5, 5.41) is 2.54. The van der Waals surface area contributed by atoms with Crippen LogP contribution in [0.4, 0.5) is 11.4 Å². The van der Waals surface area contributed by atoms with Crippen molar-refractivity contribution in [2.75, 3.05) is 4.90 Å². The van der Waals surface area contributed by atoms with E-state index in [-0.39, 0.29) is 0 Å². The van der Waals surface area contributed by atoms with Crippen molar-refractivity contribution in [1.82, 2.24) is 0 Å². The lowest BCUT2D eigenvalue weighted by molar-refractivity contribution is 1.04. The van der Waals surface area contributed by atoms with Gasteiger partial charge in [0.05, 0.1) is 17.9 Å². The molecule has 4 rings (SSSR count). The van der Waals surface area contributed by atoms with Gasteiger partial charge in [-0.05, 0) is 41.6 Å². The summed E-state index contributed by atoms with van der Waals surface area (Å²) in [7, 11) is 0. The van der Waals surface area contributed by atoms with Crippen molar-refractivity contribution in [3.63, 3.8) is 0 Å². The molecule has 0 aliphatic carbocycles. The monoisotopic (exact) mass is 287 g/mol. The lowest BCUT2D eigenvalue weighted by Crippen LogP contribution is -2.34. The predicted molar refractivity (Wildman–Crippen MR) is 92.6 cm³/mol. The fourth-order valence-corrected chi connectivity index (χ4v) is 3.10. The summed E-state index contributed by atoms with van der Waals surface area (Å²) in [6.07, 6.45) is 0. The van der Waals surface area contributed by atoms with E-state index in [1.165, 1.54) is 21.9 Å². The third-order valence-electron chi connectivity index (χ3n) is 4.11. The number of nitrogens with zero attached hydrogens (tertiary/aromatic N) is 2. The van der Waals surface area contributed by atoms with Gasteiger partial charge >= 0.3 is 0 Å². The molecule has 3 aromatic carbocycles. The molecule has 0 saturated carbocycles. The number of rotatable bonds is 1.